The molecule has 3 heterocycles. The summed E-state index contributed by atoms with van der Waals surface area (Å²) >= 11 is 0. The summed E-state index contributed by atoms with van der Waals surface area (Å²) in [6, 6.07) is 13.4. The highest BCUT2D eigenvalue weighted by molar-refractivity contribution is 7.90. The van der Waals surface area contributed by atoms with Gasteiger partial charge >= 0.3 is 0 Å². The number of nitrogens with zero attached hydrogens (tertiary/aromatic N) is 4. The Morgan fingerprint density at radius 3 is 2.47 bits per heavy atom. The molecule has 1 unspecified atom stereocenters. The van der Waals surface area contributed by atoms with Crippen LogP contribution in [0.15, 0.2) is 65.6 Å². The highest BCUT2D eigenvalue weighted by Gasteiger charge is 2.19. The predicted octanol–water partition coefficient (Wildman–Crippen LogP) is 3.69. The van der Waals surface area contributed by atoms with Crippen LogP contribution >= 0.6 is 0 Å². The van der Waals surface area contributed by atoms with E-state index in [1.54, 1.807) is 37.6 Å². The van der Waals surface area contributed by atoms with Crippen LogP contribution < -0.4 is 5.32 Å². The highest BCUT2D eigenvalue weighted by atomic mass is 32.2. The van der Waals surface area contributed by atoms with Gasteiger partial charge in [-0.3, -0.25) is 9.97 Å². The van der Waals surface area contributed by atoms with Gasteiger partial charge in [-0.25, -0.2) is 13.4 Å². The standard InChI is InChI=1S/C23H23N5O3S/c1-15(32(3,29)30)19-10-18(8-9-26-19)21-13-25-14-22(27-21)23-11-20(28-31-23)17-6-4-16(5-7-17)12-24-2/h4-11,13-15,24H,12H2,1-3H3. The van der Waals surface area contributed by atoms with E-state index in [4.69, 9.17) is 4.52 Å². The minimum absolute atomic E-state index is 0.459. The van der Waals surface area contributed by atoms with E-state index in [0.29, 0.717) is 28.5 Å². The zero-order valence-electron chi connectivity index (χ0n) is 18.0. The van der Waals surface area contributed by atoms with Crippen LogP contribution in [0.25, 0.3) is 34.0 Å². The van der Waals surface area contributed by atoms with Gasteiger partial charge in [-0.2, -0.15) is 0 Å². The SMILES string of the molecule is CNCc1ccc(-c2cc(-c3cncc(-c4ccnc(C(C)S(C)(=O)=O)c4)n3)on2)cc1. The van der Waals surface area contributed by atoms with Gasteiger partial charge in [0, 0.05) is 36.2 Å². The maximum absolute atomic E-state index is 11.9. The van der Waals surface area contributed by atoms with Gasteiger partial charge in [0.2, 0.25) is 0 Å². The molecule has 0 bridgehead atoms. The van der Waals surface area contributed by atoms with Gasteiger partial charge in [-0.05, 0) is 31.7 Å². The lowest BCUT2D eigenvalue weighted by atomic mass is 10.1. The van der Waals surface area contributed by atoms with Gasteiger partial charge in [0.15, 0.2) is 15.6 Å². The maximum Gasteiger partial charge on any atom is 0.187 e. The molecule has 0 aliphatic carbocycles. The quantitative estimate of drug-likeness (QED) is 0.455. The number of rotatable bonds is 7. The fourth-order valence-electron chi connectivity index (χ4n) is 3.20. The molecule has 0 fully saturated rings. The number of aromatic nitrogens is 4. The average Bonchev–Trinajstić information content (AvgIpc) is 3.29. The lowest BCUT2D eigenvalue weighted by Gasteiger charge is -2.10. The van der Waals surface area contributed by atoms with Crippen molar-refractivity contribution in [2.75, 3.05) is 13.3 Å². The van der Waals surface area contributed by atoms with Crippen molar-refractivity contribution < 1.29 is 12.9 Å². The molecule has 0 saturated heterocycles. The van der Waals surface area contributed by atoms with Gasteiger partial charge in [0.25, 0.3) is 0 Å². The van der Waals surface area contributed by atoms with E-state index in [0.717, 1.165) is 17.7 Å². The molecule has 1 N–H and O–H groups in total. The second kappa shape index (κ2) is 8.97. The fourth-order valence-corrected chi connectivity index (χ4v) is 3.77. The fraction of sp³-hybridized carbons (Fsp3) is 0.217. The van der Waals surface area contributed by atoms with Gasteiger partial charge in [0.05, 0.1) is 23.8 Å². The molecule has 0 aliphatic heterocycles. The Bertz CT molecular complexity index is 1330. The Labute approximate surface area is 186 Å². The minimum atomic E-state index is -3.26. The van der Waals surface area contributed by atoms with E-state index in [9.17, 15) is 8.42 Å². The summed E-state index contributed by atoms with van der Waals surface area (Å²) in [6.45, 7) is 2.41. The molecule has 3 aromatic heterocycles. The van der Waals surface area contributed by atoms with Crippen LogP contribution in [0, 0.1) is 0 Å². The monoisotopic (exact) mass is 449 g/mol. The van der Waals surface area contributed by atoms with Crippen molar-refractivity contribution in [2.45, 2.75) is 18.7 Å². The lowest BCUT2D eigenvalue weighted by molar-refractivity contribution is 0.433. The number of nitrogens with one attached hydrogen (secondary N) is 1. The van der Waals surface area contributed by atoms with Crippen LogP contribution in [-0.2, 0) is 16.4 Å². The van der Waals surface area contributed by atoms with Crippen molar-refractivity contribution in [1.82, 2.24) is 25.4 Å². The first kappa shape index (κ1) is 21.8. The van der Waals surface area contributed by atoms with Crippen molar-refractivity contribution in [3.8, 4) is 34.0 Å². The van der Waals surface area contributed by atoms with Crippen LogP contribution in [0.1, 0.15) is 23.4 Å². The van der Waals surface area contributed by atoms with Gasteiger partial charge in [-0.15, -0.1) is 0 Å². The molecule has 0 aliphatic rings. The Morgan fingerprint density at radius 2 is 1.75 bits per heavy atom. The molecule has 0 radical (unpaired) electrons. The third-order valence-corrected chi connectivity index (χ3v) is 6.69. The summed E-state index contributed by atoms with van der Waals surface area (Å²) in [6.07, 6.45) is 5.99. The van der Waals surface area contributed by atoms with Crippen molar-refractivity contribution in [1.29, 1.82) is 0 Å². The minimum Gasteiger partial charge on any atom is -0.354 e. The largest absolute Gasteiger partial charge is 0.354 e. The van der Waals surface area contributed by atoms with Crippen molar-refractivity contribution >= 4 is 9.84 Å². The van der Waals surface area contributed by atoms with Crippen LogP contribution in [0.5, 0.6) is 0 Å². The predicted molar refractivity (Wildman–Crippen MR) is 122 cm³/mol. The van der Waals surface area contributed by atoms with Gasteiger partial charge in [0.1, 0.15) is 16.6 Å². The van der Waals surface area contributed by atoms with Crippen LogP contribution in [0.2, 0.25) is 0 Å². The van der Waals surface area contributed by atoms with E-state index in [-0.39, 0.29) is 0 Å². The first-order chi connectivity index (χ1) is 15.3. The van der Waals surface area contributed by atoms with Gasteiger partial charge < -0.3 is 9.84 Å². The Hall–Kier alpha value is -3.43. The third kappa shape index (κ3) is 4.74. The topological polar surface area (TPSA) is 111 Å². The van der Waals surface area contributed by atoms with Crippen LogP contribution in [0.3, 0.4) is 0 Å². The number of hydrogen-bond donors (Lipinski definition) is 1. The van der Waals surface area contributed by atoms with Gasteiger partial charge in [-0.1, -0.05) is 29.4 Å². The van der Waals surface area contributed by atoms with Crippen LogP contribution in [0.4, 0.5) is 0 Å². The molecule has 4 aromatic rings. The Morgan fingerprint density at radius 1 is 1.00 bits per heavy atom. The highest BCUT2D eigenvalue weighted by Crippen LogP contribution is 2.28. The molecule has 9 heteroatoms. The molecular weight excluding hydrogens is 426 g/mol. The zero-order chi connectivity index (χ0) is 22.7. The lowest BCUT2D eigenvalue weighted by Crippen LogP contribution is -2.09. The van der Waals surface area contributed by atoms with E-state index in [2.05, 4.69) is 25.4 Å². The smallest absolute Gasteiger partial charge is 0.187 e. The number of sulfone groups is 1. The molecular formula is C23H23N5O3S. The summed E-state index contributed by atoms with van der Waals surface area (Å²) in [5.41, 5.74) is 5.12. The molecule has 32 heavy (non-hydrogen) atoms. The van der Waals surface area contributed by atoms with E-state index in [1.807, 2.05) is 37.4 Å². The molecule has 8 nitrogen and oxygen atoms in total. The molecule has 164 valence electrons. The summed E-state index contributed by atoms with van der Waals surface area (Å²) in [5.74, 6) is 0.493. The third-order valence-electron chi connectivity index (χ3n) is 5.16. The first-order valence-electron chi connectivity index (χ1n) is 10.0. The summed E-state index contributed by atoms with van der Waals surface area (Å²) in [5, 5.41) is 6.58. The number of benzene rings is 1. The van der Waals surface area contributed by atoms with Crippen molar-refractivity contribution in [3.63, 3.8) is 0 Å². The van der Waals surface area contributed by atoms with E-state index >= 15 is 0 Å². The zero-order valence-corrected chi connectivity index (χ0v) is 18.8. The molecule has 1 aromatic carbocycles. The molecule has 1 atom stereocenters. The van der Waals surface area contributed by atoms with Crippen LogP contribution in [-0.4, -0.2) is 41.8 Å². The number of pyridine rings is 1. The molecule has 0 amide bonds. The second-order valence-corrected chi connectivity index (χ2v) is 9.90. The number of hydrogen-bond acceptors (Lipinski definition) is 8. The van der Waals surface area contributed by atoms with E-state index in [1.165, 1.54) is 11.8 Å². The van der Waals surface area contributed by atoms with Crippen molar-refractivity contribution in [3.05, 3.63) is 72.3 Å². The molecule has 0 spiro atoms. The van der Waals surface area contributed by atoms with E-state index < -0.39 is 15.1 Å². The second-order valence-electron chi connectivity index (χ2n) is 7.53. The summed E-state index contributed by atoms with van der Waals surface area (Å²) in [4.78, 5) is 13.1. The molecule has 0 saturated carbocycles. The average molecular weight is 450 g/mol. The Balaban J connectivity index is 1.62. The molecule has 4 rings (SSSR count). The Kier molecular flexibility index (Phi) is 6.11. The normalized spacial score (nSPS) is 12.6. The maximum atomic E-state index is 11.9. The first-order valence-corrected chi connectivity index (χ1v) is 12.0. The summed E-state index contributed by atoms with van der Waals surface area (Å²) in [7, 11) is -1.35. The summed E-state index contributed by atoms with van der Waals surface area (Å²) < 4.78 is 29.3. The van der Waals surface area contributed by atoms with Crippen molar-refractivity contribution in [2.24, 2.45) is 0 Å².